The molecule has 0 radical (unpaired) electrons. The Morgan fingerprint density at radius 1 is 1.21 bits per heavy atom. The Morgan fingerprint density at radius 3 is 2.07 bits per heavy atom. The van der Waals surface area contributed by atoms with Crippen LogP contribution >= 0.6 is 0 Å². The minimum atomic E-state index is 0.588. The highest BCUT2D eigenvalue weighted by molar-refractivity contribution is 4.90. The topological polar surface area (TPSA) is 29.3 Å². The maximum absolute atomic E-state index is 5.87. The molecular formula is C12H26N2. The van der Waals surface area contributed by atoms with Crippen LogP contribution in [0.2, 0.25) is 0 Å². The van der Waals surface area contributed by atoms with E-state index in [1.807, 2.05) is 0 Å². The van der Waals surface area contributed by atoms with Gasteiger partial charge in [0, 0.05) is 25.2 Å². The molecule has 0 heterocycles. The first-order chi connectivity index (χ1) is 6.56. The van der Waals surface area contributed by atoms with Gasteiger partial charge in [0.25, 0.3) is 0 Å². The Labute approximate surface area is 88.8 Å². The van der Waals surface area contributed by atoms with Gasteiger partial charge in [0.1, 0.15) is 0 Å². The molecule has 2 N–H and O–H groups in total. The van der Waals surface area contributed by atoms with Crippen molar-refractivity contribution in [2.75, 3.05) is 13.1 Å². The first kappa shape index (κ1) is 12.0. The second-order valence-electron chi connectivity index (χ2n) is 5.37. The van der Waals surface area contributed by atoms with E-state index in [2.05, 4.69) is 32.6 Å². The third kappa shape index (κ3) is 3.25. The second kappa shape index (κ2) is 5.13. The number of hydrogen-bond acceptors (Lipinski definition) is 2. The number of nitrogens with two attached hydrogens (primary N) is 1. The van der Waals surface area contributed by atoms with E-state index >= 15 is 0 Å². The molecule has 0 saturated heterocycles. The van der Waals surface area contributed by atoms with Crippen LogP contribution < -0.4 is 5.73 Å². The molecule has 1 saturated carbocycles. The molecule has 84 valence electrons. The summed E-state index contributed by atoms with van der Waals surface area (Å²) in [4.78, 5) is 2.65. The average Bonchev–Trinajstić information content (AvgIpc) is 2.84. The Kier molecular flexibility index (Phi) is 4.39. The van der Waals surface area contributed by atoms with Gasteiger partial charge in [-0.05, 0) is 24.7 Å². The van der Waals surface area contributed by atoms with Gasteiger partial charge in [0.15, 0.2) is 0 Å². The third-order valence-electron chi connectivity index (χ3n) is 3.03. The molecule has 0 aliphatic heterocycles. The van der Waals surface area contributed by atoms with Gasteiger partial charge in [-0.3, -0.25) is 4.90 Å². The maximum Gasteiger partial charge on any atom is 0.0244 e. The molecule has 0 aromatic rings. The van der Waals surface area contributed by atoms with E-state index in [4.69, 9.17) is 5.73 Å². The summed E-state index contributed by atoms with van der Waals surface area (Å²) in [7, 11) is 0. The Balaban J connectivity index is 2.54. The first-order valence-electron chi connectivity index (χ1n) is 6.02. The summed E-state index contributed by atoms with van der Waals surface area (Å²) in [5.41, 5.74) is 5.87. The minimum absolute atomic E-state index is 0.588. The normalized spacial score (nSPS) is 19.7. The fraction of sp³-hybridized carbons (Fsp3) is 1.00. The minimum Gasteiger partial charge on any atom is -0.329 e. The molecule has 1 fully saturated rings. The van der Waals surface area contributed by atoms with Gasteiger partial charge < -0.3 is 5.73 Å². The lowest BCUT2D eigenvalue weighted by Gasteiger charge is -2.35. The molecule has 0 bridgehead atoms. The largest absolute Gasteiger partial charge is 0.329 e. The fourth-order valence-electron chi connectivity index (χ4n) is 2.17. The van der Waals surface area contributed by atoms with Crippen molar-refractivity contribution in [3.05, 3.63) is 0 Å². The van der Waals surface area contributed by atoms with E-state index in [9.17, 15) is 0 Å². The average molecular weight is 198 g/mol. The van der Waals surface area contributed by atoms with E-state index < -0.39 is 0 Å². The quantitative estimate of drug-likeness (QED) is 0.708. The molecule has 1 unspecified atom stereocenters. The molecule has 0 spiro atoms. The first-order valence-corrected chi connectivity index (χ1v) is 6.02. The van der Waals surface area contributed by atoms with Crippen LogP contribution in [0.5, 0.6) is 0 Å². The molecule has 1 atom stereocenters. The van der Waals surface area contributed by atoms with Crippen LogP contribution in [0.3, 0.4) is 0 Å². The number of nitrogens with zero attached hydrogens (tertiary/aromatic N) is 1. The zero-order valence-corrected chi connectivity index (χ0v) is 10.2. The number of hydrogen-bond donors (Lipinski definition) is 1. The summed E-state index contributed by atoms with van der Waals surface area (Å²) >= 11 is 0. The summed E-state index contributed by atoms with van der Waals surface area (Å²) in [5.74, 6) is 1.43. The van der Waals surface area contributed by atoms with Crippen molar-refractivity contribution < 1.29 is 0 Å². The van der Waals surface area contributed by atoms with Gasteiger partial charge in [-0.25, -0.2) is 0 Å². The van der Waals surface area contributed by atoms with Crippen molar-refractivity contribution in [2.24, 2.45) is 17.6 Å². The molecule has 14 heavy (non-hydrogen) atoms. The van der Waals surface area contributed by atoms with Crippen LogP contribution in [0.15, 0.2) is 0 Å². The summed E-state index contributed by atoms with van der Waals surface area (Å²) < 4.78 is 0. The van der Waals surface area contributed by atoms with Gasteiger partial charge in [-0.15, -0.1) is 0 Å². The van der Waals surface area contributed by atoms with E-state index in [0.717, 1.165) is 18.5 Å². The highest BCUT2D eigenvalue weighted by atomic mass is 15.2. The second-order valence-corrected chi connectivity index (χ2v) is 5.37. The lowest BCUT2D eigenvalue weighted by Crippen LogP contribution is -2.46. The van der Waals surface area contributed by atoms with E-state index in [1.54, 1.807) is 0 Å². The van der Waals surface area contributed by atoms with Crippen molar-refractivity contribution >= 4 is 0 Å². The Hall–Kier alpha value is -0.0800. The monoisotopic (exact) mass is 198 g/mol. The molecule has 2 nitrogen and oxygen atoms in total. The van der Waals surface area contributed by atoms with Gasteiger partial charge in [0.2, 0.25) is 0 Å². The lowest BCUT2D eigenvalue weighted by atomic mass is 10.0. The van der Waals surface area contributed by atoms with Crippen molar-refractivity contribution in [3.8, 4) is 0 Å². The van der Waals surface area contributed by atoms with Gasteiger partial charge in [-0.1, -0.05) is 27.7 Å². The SMILES string of the molecule is CC(C)CN(C1CC1)C(CN)C(C)C. The summed E-state index contributed by atoms with van der Waals surface area (Å²) in [5, 5.41) is 0. The zero-order chi connectivity index (χ0) is 10.7. The van der Waals surface area contributed by atoms with Crippen LogP contribution in [0.1, 0.15) is 40.5 Å². The van der Waals surface area contributed by atoms with E-state index in [-0.39, 0.29) is 0 Å². The highest BCUT2D eigenvalue weighted by Crippen LogP contribution is 2.31. The molecule has 1 aliphatic rings. The Morgan fingerprint density at radius 2 is 1.79 bits per heavy atom. The molecule has 1 aliphatic carbocycles. The van der Waals surface area contributed by atoms with E-state index in [0.29, 0.717) is 12.0 Å². The smallest absolute Gasteiger partial charge is 0.0244 e. The predicted octanol–water partition coefficient (Wildman–Crippen LogP) is 2.09. The third-order valence-corrected chi connectivity index (χ3v) is 3.03. The van der Waals surface area contributed by atoms with Gasteiger partial charge in [-0.2, -0.15) is 0 Å². The van der Waals surface area contributed by atoms with Crippen LogP contribution in [0, 0.1) is 11.8 Å². The Bertz CT molecular complexity index is 162. The molecule has 0 aromatic heterocycles. The van der Waals surface area contributed by atoms with Gasteiger partial charge >= 0.3 is 0 Å². The molecule has 0 amide bonds. The summed E-state index contributed by atoms with van der Waals surface area (Å²) in [6, 6.07) is 1.43. The molecule has 2 heteroatoms. The van der Waals surface area contributed by atoms with E-state index in [1.165, 1.54) is 19.4 Å². The zero-order valence-electron chi connectivity index (χ0n) is 10.2. The predicted molar refractivity (Wildman–Crippen MR) is 62.2 cm³/mol. The van der Waals surface area contributed by atoms with Crippen LogP contribution in [-0.2, 0) is 0 Å². The van der Waals surface area contributed by atoms with Crippen molar-refractivity contribution in [3.63, 3.8) is 0 Å². The number of rotatable bonds is 6. The summed E-state index contributed by atoms with van der Waals surface area (Å²) in [6.07, 6.45) is 2.77. The van der Waals surface area contributed by atoms with Crippen LogP contribution in [0.25, 0.3) is 0 Å². The van der Waals surface area contributed by atoms with Crippen LogP contribution in [-0.4, -0.2) is 30.1 Å². The van der Waals surface area contributed by atoms with Crippen LogP contribution in [0.4, 0.5) is 0 Å². The van der Waals surface area contributed by atoms with Crippen molar-refractivity contribution in [1.29, 1.82) is 0 Å². The standard InChI is InChI=1S/C12H26N2/c1-9(2)8-14(11-5-6-11)12(7-13)10(3)4/h9-12H,5-8,13H2,1-4H3. The fourth-order valence-corrected chi connectivity index (χ4v) is 2.17. The van der Waals surface area contributed by atoms with Gasteiger partial charge in [0.05, 0.1) is 0 Å². The molecule has 1 rings (SSSR count). The maximum atomic E-state index is 5.87. The molecule has 0 aromatic carbocycles. The molecular weight excluding hydrogens is 172 g/mol. The highest BCUT2D eigenvalue weighted by Gasteiger charge is 2.34. The van der Waals surface area contributed by atoms with Crippen molar-refractivity contribution in [1.82, 2.24) is 4.90 Å². The summed E-state index contributed by atoms with van der Waals surface area (Å²) in [6.45, 7) is 11.2. The van der Waals surface area contributed by atoms with Crippen molar-refractivity contribution in [2.45, 2.75) is 52.6 Å². The lowest BCUT2D eigenvalue weighted by molar-refractivity contribution is 0.134.